The van der Waals surface area contributed by atoms with E-state index in [1.165, 1.54) is 4.57 Å². The normalized spacial score (nSPS) is 11.8. The van der Waals surface area contributed by atoms with Gasteiger partial charge in [0.2, 0.25) is 0 Å². The van der Waals surface area contributed by atoms with Gasteiger partial charge in [-0.05, 0) is 32.4 Å². The standard InChI is InChI=1S/C20H28N6O4/c1-5-30-18-24-16(21)15-17(25-18)26(19(27)23-15)10-12-6-7-13(14(8-12)29-4)9-22-11-20(2,3)28/h6-8,22,28H,5,9-11H2,1-4H3,(H,23,27)(H2,21,24,25). The third-order valence-electron chi connectivity index (χ3n) is 4.47. The van der Waals surface area contributed by atoms with Gasteiger partial charge in [0.05, 0.1) is 25.9 Å². The number of aliphatic hydroxyl groups is 1. The summed E-state index contributed by atoms with van der Waals surface area (Å²) < 4.78 is 12.3. The molecule has 0 radical (unpaired) electrons. The minimum Gasteiger partial charge on any atom is -0.496 e. The molecule has 0 bridgehead atoms. The number of nitrogen functional groups attached to an aromatic ring is 1. The fraction of sp³-hybridized carbons (Fsp3) is 0.450. The molecule has 0 saturated heterocycles. The molecule has 5 N–H and O–H groups in total. The van der Waals surface area contributed by atoms with Crippen molar-refractivity contribution in [2.24, 2.45) is 0 Å². The molecule has 3 rings (SSSR count). The third kappa shape index (κ3) is 4.89. The van der Waals surface area contributed by atoms with Crippen LogP contribution in [0.1, 0.15) is 31.9 Å². The maximum Gasteiger partial charge on any atom is 0.328 e. The largest absolute Gasteiger partial charge is 0.496 e. The average molecular weight is 416 g/mol. The Morgan fingerprint density at radius 3 is 2.77 bits per heavy atom. The van der Waals surface area contributed by atoms with E-state index in [2.05, 4.69) is 20.3 Å². The highest BCUT2D eigenvalue weighted by Crippen LogP contribution is 2.23. The Labute approximate surface area is 174 Å². The molecule has 0 fully saturated rings. The van der Waals surface area contributed by atoms with Crippen molar-refractivity contribution in [2.45, 2.75) is 39.5 Å². The Hall–Kier alpha value is -3.11. The number of benzene rings is 1. The topological polar surface area (TPSA) is 140 Å². The van der Waals surface area contributed by atoms with Crippen LogP contribution in [0.5, 0.6) is 11.8 Å². The van der Waals surface area contributed by atoms with Crippen LogP contribution in [0, 0.1) is 0 Å². The number of nitrogens with two attached hydrogens (primary N) is 1. The molecule has 1 aromatic carbocycles. The zero-order valence-corrected chi connectivity index (χ0v) is 17.7. The van der Waals surface area contributed by atoms with E-state index in [9.17, 15) is 9.90 Å². The van der Waals surface area contributed by atoms with E-state index < -0.39 is 5.60 Å². The maximum absolute atomic E-state index is 12.5. The summed E-state index contributed by atoms with van der Waals surface area (Å²) in [5.74, 6) is 0.845. The van der Waals surface area contributed by atoms with Crippen molar-refractivity contribution in [3.8, 4) is 11.8 Å². The maximum atomic E-state index is 12.5. The molecule has 0 amide bonds. The fourth-order valence-electron chi connectivity index (χ4n) is 3.09. The second kappa shape index (κ2) is 8.72. The minimum atomic E-state index is -0.798. The summed E-state index contributed by atoms with van der Waals surface area (Å²) in [6.45, 7) is 6.96. The molecule has 0 unspecified atom stereocenters. The third-order valence-corrected chi connectivity index (χ3v) is 4.47. The van der Waals surface area contributed by atoms with Crippen molar-refractivity contribution in [1.29, 1.82) is 0 Å². The van der Waals surface area contributed by atoms with E-state index >= 15 is 0 Å². The van der Waals surface area contributed by atoms with Crippen LogP contribution in [0.4, 0.5) is 5.82 Å². The van der Waals surface area contributed by atoms with E-state index in [-0.39, 0.29) is 24.1 Å². The zero-order valence-electron chi connectivity index (χ0n) is 17.7. The van der Waals surface area contributed by atoms with Crippen LogP contribution in [0.15, 0.2) is 23.0 Å². The van der Waals surface area contributed by atoms with Gasteiger partial charge in [-0.2, -0.15) is 9.97 Å². The predicted octanol–water partition coefficient (Wildman–Crippen LogP) is 1.02. The molecule has 0 atom stereocenters. The highest BCUT2D eigenvalue weighted by molar-refractivity contribution is 5.81. The molecule has 0 spiro atoms. The van der Waals surface area contributed by atoms with Gasteiger partial charge >= 0.3 is 11.7 Å². The first-order chi connectivity index (χ1) is 14.2. The highest BCUT2D eigenvalue weighted by atomic mass is 16.5. The van der Waals surface area contributed by atoms with E-state index in [4.69, 9.17) is 15.2 Å². The number of fused-ring (bicyclic) bond motifs is 1. The molecule has 0 aliphatic carbocycles. The summed E-state index contributed by atoms with van der Waals surface area (Å²) >= 11 is 0. The van der Waals surface area contributed by atoms with Crippen molar-refractivity contribution in [3.63, 3.8) is 0 Å². The van der Waals surface area contributed by atoms with Crippen molar-refractivity contribution in [1.82, 2.24) is 24.8 Å². The summed E-state index contributed by atoms with van der Waals surface area (Å²) in [7, 11) is 1.60. The van der Waals surface area contributed by atoms with E-state index in [1.54, 1.807) is 21.0 Å². The number of methoxy groups -OCH3 is 1. The van der Waals surface area contributed by atoms with Gasteiger partial charge in [-0.3, -0.25) is 4.57 Å². The minimum absolute atomic E-state index is 0.126. The van der Waals surface area contributed by atoms with Gasteiger partial charge in [0.15, 0.2) is 11.5 Å². The van der Waals surface area contributed by atoms with Crippen molar-refractivity contribution in [2.75, 3.05) is 26.0 Å². The highest BCUT2D eigenvalue weighted by Gasteiger charge is 2.16. The average Bonchev–Trinajstić information content (AvgIpc) is 2.98. The zero-order chi connectivity index (χ0) is 21.9. The first-order valence-electron chi connectivity index (χ1n) is 9.69. The molecule has 0 aliphatic rings. The Balaban J connectivity index is 1.88. The number of nitrogens with one attached hydrogen (secondary N) is 2. The smallest absolute Gasteiger partial charge is 0.328 e. The lowest BCUT2D eigenvalue weighted by molar-refractivity contribution is 0.0794. The Kier molecular flexibility index (Phi) is 6.28. The molecule has 2 heterocycles. The number of anilines is 1. The van der Waals surface area contributed by atoms with Gasteiger partial charge in [0.1, 0.15) is 11.3 Å². The molecule has 10 heteroatoms. The lowest BCUT2D eigenvalue weighted by Gasteiger charge is -2.18. The van der Waals surface area contributed by atoms with Crippen LogP contribution < -0.4 is 26.2 Å². The summed E-state index contributed by atoms with van der Waals surface area (Å²) in [5, 5.41) is 13.0. The SMILES string of the molecule is CCOc1nc(N)c2[nH]c(=O)n(Cc3ccc(CNCC(C)(C)O)c(OC)c3)c2n1. The summed E-state index contributed by atoms with van der Waals surface area (Å²) in [6, 6.07) is 5.85. The van der Waals surface area contributed by atoms with E-state index in [1.807, 2.05) is 25.1 Å². The molecule has 10 nitrogen and oxygen atoms in total. The lowest BCUT2D eigenvalue weighted by Crippen LogP contribution is -2.34. The fourth-order valence-corrected chi connectivity index (χ4v) is 3.09. The van der Waals surface area contributed by atoms with Crippen LogP contribution in [0.25, 0.3) is 11.2 Å². The quantitative estimate of drug-likeness (QED) is 0.405. The Morgan fingerprint density at radius 2 is 2.10 bits per heavy atom. The van der Waals surface area contributed by atoms with Crippen molar-refractivity contribution < 1.29 is 14.6 Å². The van der Waals surface area contributed by atoms with Gasteiger partial charge in [0, 0.05) is 18.7 Å². The van der Waals surface area contributed by atoms with E-state index in [0.717, 1.165) is 11.1 Å². The first kappa shape index (κ1) is 21.6. The van der Waals surface area contributed by atoms with Crippen LogP contribution in [-0.2, 0) is 13.1 Å². The molecule has 3 aromatic rings. The molecule has 2 aromatic heterocycles. The molecular weight excluding hydrogens is 388 g/mol. The molecule has 30 heavy (non-hydrogen) atoms. The van der Waals surface area contributed by atoms with Crippen molar-refractivity contribution in [3.05, 3.63) is 39.8 Å². The number of H-pyrrole nitrogens is 1. The summed E-state index contributed by atoms with van der Waals surface area (Å²) in [6.07, 6.45) is 0. The molecule has 0 saturated carbocycles. The van der Waals surface area contributed by atoms with Gasteiger partial charge in [-0.25, -0.2) is 4.79 Å². The molecule has 162 valence electrons. The monoisotopic (exact) mass is 416 g/mol. The number of aromatic nitrogens is 4. The predicted molar refractivity (Wildman–Crippen MR) is 114 cm³/mol. The second-order valence-electron chi connectivity index (χ2n) is 7.60. The van der Waals surface area contributed by atoms with Crippen LogP contribution in [0.3, 0.4) is 0 Å². The number of aromatic amines is 1. The van der Waals surface area contributed by atoms with Gasteiger partial charge in [-0.15, -0.1) is 0 Å². The van der Waals surface area contributed by atoms with E-state index in [0.29, 0.717) is 36.6 Å². The van der Waals surface area contributed by atoms with Crippen LogP contribution >= 0.6 is 0 Å². The Bertz CT molecular complexity index is 1080. The Morgan fingerprint density at radius 1 is 1.33 bits per heavy atom. The van der Waals surface area contributed by atoms with Gasteiger partial charge in [-0.1, -0.05) is 12.1 Å². The summed E-state index contributed by atoms with van der Waals surface area (Å²) in [5.41, 5.74) is 7.37. The van der Waals surface area contributed by atoms with Crippen LogP contribution in [-0.4, -0.2) is 50.5 Å². The molecule has 0 aliphatic heterocycles. The molecular formula is C20H28N6O4. The number of imidazole rings is 1. The summed E-state index contributed by atoms with van der Waals surface area (Å²) in [4.78, 5) is 23.6. The van der Waals surface area contributed by atoms with Crippen LogP contribution in [0.2, 0.25) is 0 Å². The second-order valence-corrected chi connectivity index (χ2v) is 7.60. The first-order valence-corrected chi connectivity index (χ1v) is 9.69. The van der Waals surface area contributed by atoms with Gasteiger partial charge < -0.3 is 30.6 Å². The number of hydrogen-bond donors (Lipinski definition) is 4. The number of ether oxygens (including phenoxy) is 2. The van der Waals surface area contributed by atoms with Crippen molar-refractivity contribution >= 4 is 17.0 Å². The number of nitrogens with zero attached hydrogens (tertiary/aromatic N) is 3. The number of rotatable bonds is 9. The number of hydrogen-bond acceptors (Lipinski definition) is 8. The van der Waals surface area contributed by atoms with Gasteiger partial charge in [0.25, 0.3) is 0 Å². The lowest BCUT2D eigenvalue weighted by atomic mass is 10.1.